The van der Waals surface area contributed by atoms with E-state index in [1.165, 1.54) is 0 Å². The Hall–Kier alpha value is -1.55. The number of hydrogen-bond acceptors (Lipinski definition) is 2. The highest BCUT2D eigenvalue weighted by Gasteiger charge is 2.79. The molecular weight excluding hydrogens is 317 g/mol. The van der Waals surface area contributed by atoms with Gasteiger partial charge in [0, 0.05) is 0 Å². The van der Waals surface area contributed by atoms with Crippen LogP contribution in [-0.2, 0) is 9.59 Å². The summed E-state index contributed by atoms with van der Waals surface area (Å²) in [5.41, 5.74) is -3.65. The van der Waals surface area contributed by atoms with Crippen LogP contribution in [0.1, 0.15) is 20.3 Å². The third-order valence-electron chi connectivity index (χ3n) is 2.88. The van der Waals surface area contributed by atoms with Crippen LogP contribution in [0.4, 0.5) is 30.7 Å². The standard InChI is InChI=1S/C10H11F7O4/c1-7(2,6(20)21)9(14,15)10(16,17)8(12,13)4(11)3-5(18)19/h4H,3H2,1-2H3,(H,18,19)(H,20,21). The maximum Gasteiger partial charge on any atom is 0.376 e. The Labute approximate surface area is 113 Å². The van der Waals surface area contributed by atoms with E-state index in [0.717, 1.165) is 0 Å². The van der Waals surface area contributed by atoms with Crippen LogP contribution in [-0.4, -0.2) is 46.1 Å². The molecular formula is C10H11F7O4. The molecule has 21 heavy (non-hydrogen) atoms. The minimum atomic E-state index is -6.42. The molecule has 0 aliphatic heterocycles. The summed E-state index contributed by atoms with van der Waals surface area (Å²) in [4.78, 5) is 20.6. The summed E-state index contributed by atoms with van der Waals surface area (Å²) in [7, 11) is 0. The first-order valence-corrected chi connectivity index (χ1v) is 5.26. The van der Waals surface area contributed by atoms with Gasteiger partial charge in [-0.1, -0.05) is 0 Å². The summed E-state index contributed by atoms with van der Waals surface area (Å²) < 4.78 is 93.0. The maximum absolute atomic E-state index is 13.5. The molecule has 0 fully saturated rings. The van der Waals surface area contributed by atoms with Gasteiger partial charge in [0.2, 0.25) is 0 Å². The molecule has 2 N–H and O–H groups in total. The molecule has 1 atom stereocenters. The highest BCUT2D eigenvalue weighted by molar-refractivity contribution is 5.75. The highest BCUT2D eigenvalue weighted by Crippen LogP contribution is 2.55. The maximum atomic E-state index is 13.5. The van der Waals surface area contributed by atoms with Gasteiger partial charge in [-0.2, -0.15) is 26.3 Å². The van der Waals surface area contributed by atoms with Crippen LogP contribution in [0.2, 0.25) is 0 Å². The first kappa shape index (κ1) is 19.4. The van der Waals surface area contributed by atoms with Crippen molar-refractivity contribution in [2.45, 2.75) is 44.2 Å². The fraction of sp³-hybridized carbons (Fsp3) is 0.800. The Kier molecular flexibility index (Phi) is 4.94. The van der Waals surface area contributed by atoms with E-state index in [9.17, 15) is 40.3 Å². The van der Waals surface area contributed by atoms with E-state index in [4.69, 9.17) is 10.2 Å². The number of halogens is 7. The summed E-state index contributed by atoms with van der Waals surface area (Å²) in [6.07, 6.45) is -6.27. The molecule has 0 aromatic heterocycles. The molecule has 0 saturated carbocycles. The minimum absolute atomic E-state index is 0.0593. The average Bonchev–Trinajstić information content (AvgIpc) is 2.26. The van der Waals surface area contributed by atoms with Gasteiger partial charge in [-0.25, -0.2) is 4.39 Å². The van der Waals surface area contributed by atoms with Gasteiger partial charge >= 0.3 is 29.7 Å². The van der Waals surface area contributed by atoms with Crippen LogP contribution in [0.25, 0.3) is 0 Å². The summed E-state index contributed by atoms with van der Waals surface area (Å²) in [6, 6.07) is 0. The third-order valence-corrected chi connectivity index (χ3v) is 2.88. The second kappa shape index (κ2) is 5.34. The Morgan fingerprint density at radius 2 is 1.33 bits per heavy atom. The zero-order valence-corrected chi connectivity index (χ0v) is 10.6. The van der Waals surface area contributed by atoms with Gasteiger partial charge in [0.25, 0.3) is 0 Å². The van der Waals surface area contributed by atoms with Crippen molar-refractivity contribution in [3.8, 4) is 0 Å². The van der Waals surface area contributed by atoms with Gasteiger partial charge in [-0.05, 0) is 13.8 Å². The van der Waals surface area contributed by atoms with Crippen LogP contribution in [0.3, 0.4) is 0 Å². The lowest BCUT2D eigenvalue weighted by Crippen LogP contribution is -2.65. The molecule has 0 aromatic rings. The Balaban J connectivity index is 5.83. The third kappa shape index (κ3) is 2.91. The van der Waals surface area contributed by atoms with Crippen LogP contribution in [0, 0.1) is 5.41 Å². The second-order valence-corrected chi connectivity index (χ2v) is 4.77. The quantitative estimate of drug-likeness (QED) is 0.705. The lowest BCUT2D eigenvalue weighted by atomic mass is 9.79. The van der Waals surface area contributed by atoms with Gasteiger partial charge in [0.15, 0.2) is 6.17 Å². The Bertz CT molecular complexity index is 433. The summed E-state index contributed by atoms with van der Waals surface area (Å²) in [6.45, 7) is 0.119. The van der Waals surface area contributed by atoms with Crippen molar-refractivity contribution in [3.05, 3.63) is 0 Å². The van der Waals surface area contributed by atoms with E-state index < -0.39 is 47.7 Å². The predicted octanol–water partition coefficient (Wildman–Crippen LogP) is 2.82. The SMILES string of the molecule is CC(C)(C(=O)O)C(F)(F)C(F)(F)C(F)(F)C(F)CC(=O)O. The Morgan fingerprint density at radius 3 is 1.62 bits per heavy atom. The number of aliphatic carboxylic acids is 2. The van der Waals surface area contributed by atoms with Crippen LogP contribution < -0.4 is 0 Å². The number of carboxylic acid groups (broad SMARTS) is 2. The summed E-state index contributed by atoms with van der Waals surface area (Å²) in [5.74, 6) is -23.1. The van der Waals surface area contributed by atoms with Crippen LogP contribution in [0.5, 0.6) is 0 Å². The minimum Gasteiger partial charge on any atom is -0.481 e. The van der Waals surface area contributed by atoms with Crippen molar-refractivity contribution in [2.75, 3.05) is 0 Å². The number of carbonyl (C=O) groups is 2. The average molecular weight is 328 g/mol. The van der Waals surface area contributed by atoms with E-state index in [2.05, 4.69) is 0 Å². The fourth-order valence-electron chi connectivity index (χ4n) is 1.21. The number of hydrogen-bond donors (Lipinski definition) is 2. The van der Waals surface area contributed by atoms with Crippen molar-refractivity contribution >= 4 is 11.9 Å². The van der Waals surface area contributed by atoms with Gasteiger partial charge in [0.1, 0.15) is 5.41 Å². The van der Waals surface area contributed by atoms with E-state index in [-0.39, 0.29) is 13.8 Å². The van der Waals surface area contributed by atoms with Gasteiger partial charge in [-0.3, -0.25) is 9.59 Å². The summed E-state index contributed by atoms with van der Waals surface area (Å²) >= 11 is 0. The van der Waals surface area contributed by atoms with Gasteiger partial charge in [0.05, 0.1) is 6.42 Å². The largest absolute Gasteiger partial charge is 0.481 e. The van der Waals surface area contributed by atoms with Crippen molar-refractivity contribution in [3.63, 3.8) is 0 Å². The molecule has 1 unspecified atom stereocenters. The number of rotatable bonds is 7. The van der Waals surface area contributed by atoms with E-state index >= 15 is 0 Å². The summed E-state index contributed by atoms with van der Waals surface area (Å²) in [5, 5.41) is 16.5. The monoisotopic (exact) mass is 328 g/mol. The second-order valence-electron chi connectivity index (χ2n) is 4.77. The highest BCUT2D eigenvalue weighted by atomic mass is 19.3. The van der Waals surface area contributed by atoms with Crippen molar-refractivity contribution in [1.29, 1.82) is 0 Å². The first-order valence-electron chi connectivity index (χ1n) is 5.26. The number of alkyl halides is 7. The van der Waals surface area contributed by atoms with Gasteiger partial charge in [-0.15, -0.1) is 0 Å². The lowest BCUT2D eigenvalue weighted by Gasteiger charge is -2.40. The van der Waals surface area contributed by atoms with Gasteiger partial charge < -0.3 is 10.2 Å². The van der Waals surface area contributed by atoms with E-state index in [0.29, 0.717) is 0 Å². The molecule has 0 heterocycles. The zero-order chi connectivity index (χ0) is 17.4. The number of carboxylic acids is 2. The first-order chi connectivity index (χ1) is 9.03. The molecule has 0 rings (SSSR count). The molecule has 0 bridgehead atoms. The zero-order valence-electron chi connectivity index (χ0n) is 10.6. The molecule has 0 spiro atoms. The smallest absolute Gasteiger partial charge is 0.376 e. The molecule has 0 amide bonds. The molecule has 124 valence electrons. The topological polar surface area (TPSA) is 74.6 Å². The molecule has 0 radical (unpaired) electrons. The van der Waals surface area contributed by atoms with Crippen molar-refractivity contribution in [1.82, 2.24) is 0 Å². The Morgan fingerprint density at radius 1 is 0.952 bits per heavy atom. The van der Waals surface area contributed by atoms with Crippen LogP contribution >= 0.6 is 0 Å². The van der Waals surface area contributed by atoms with Crippen molar-refractivity contribution < 1.29 is 50.5 Å². The lowest BCUT2D eigenvalue weighted by molar-refractivity contribution is -0.348. The molecule has 0 saturated heterocycles. The molecule has 0 aromatic carbocycles. The van der Waals surface area contributed by atoms with E-state index in [1.54, 1.807) is 0 Å². The normalized spacial score (nSPS) is 15.7. The van der Waals surface area contributed by atoms with E-state index in [1.807, 2.05) is 0 Å². The molecule has 4 nitrogen and oxygen atoms in total. The molecule has 0 aliphatic carbocycles. The van der Waals surface area contributed by atoms with Crippen LogP contribution in [0.15, 0.2) is 0 Å². The predicted molar refractivity (Wildman–Crippen MR) is 53.4 cm³/mol. The molecule has 0 aliphatic rings. The fourth-order valence-corrected chi connectivity index (χ4v) is 1.21. The molecule has 11 heteroatoms. The van der Waals surface area contributed by atoms with Crippen molar-refractivity contribution in [2.24, 2.45) is 5.41 Å².